The van der Waals surface area contributed by atoms with Gasteiger partial charge in [-0.25, -0.2) is 0 Å². The lowest BCUT2D eigenvalue weighted by Gasteiger charge is -2.33. The first-order valence-corrected chi connectivity index (χ1v) is 17.1. The van der Waals surface area contributed by atoms with Gasteiger partial charge < -0.3 is 25.4 Å². The molecule has 0 bridgehead atoms. The standard InChI is InChI=1S/C35H44ClN7O5/c1-24-23-48-20-17-41(24)11-2-12-43-31-9-13-42(35(46)33(37)44)22-29(31)32(39-43)27-7-8-30(36)28(21-27)25-3-5-26(6-4-25)34(45)38-10-14-40-15-18-47-19-16-40/h3-8,21,24H,2,9-20,22-23H2,1H3,(H2,37,44)(H,38,45)/t24-/m0/s1. The Morgan fingerprint density at radius 2 is 1.71 bits per heavy atom. The van der Waals surface area contributed by atoms with Gasteiger partial charge in [-0.2, -0.15) is 5.10 Å². The highest BCUT2D eigenvalue weighted by Gasteiger charge is 2.30. The van der Waals surface area contributed by atoms with E-state index in [4.69, 9.17) is 31.9 Å². The molecule has 6 rings (SSSR count). The van der Waals surface area contributed by atoms with Crippen molar-refractivity contribution in [1.29, 1.82) is 0 Å². The molecule has 12 nitrogen and oxygen atoms in total. The minimum absolute atomic E-state index is 0.120. The SMILES string of the molecule is C[C@H]1COCCN1CCCn1nc(-c2ccc(Cl)c(-c3ccc(C(=O)NCCN4CCOCC4)cc3)c2)c2c1CCN(C(=O)C(N)=O)C2. The molecular weight excluding hydrogens is 634 g/mol. The molecule has 3 aliphatic heterocycles. The predicted molar refractivity (Wildman–Crippen MR) is 182 cm³/mol. The normalized spacial score (nSPS) is 18.8. The van der Waals surface area contributed by atoms with E-state index in [1.165, 1.54) is 4.90 Å². The van der Waals surface area contributed by atoms with E-state index in [1.807, 2.05) is 42.5 Å². The second-order valence-electron chi connectivity index (χ2n) is 12.6. The summed E-state index contributed by atoms with van der Waals surface area (Å²) in [6.07, 6.45) is 1.49. The Kier molecular flexibility index (Phi) is 11.1. The Bertz CT molecular complexity index is 1620. The molecule has 0 radical (unpaired) electrons. The van der Waals surface area contributed by atoms with Crippen LogP contribution < -0.4 is 11.1 Å². The number of aryl methyl sites for hydroxylation is 1. The largest absolute Gasteiger partial charge is 0.379 e. The number of rotatable bonds is 10. The lowest BCUT2D eigenvalue weighted by molar-refractivity contribution is -0.144. The topological polar surface area (TPSA) is 135 Å². The minimum Gasteiger partial charge on any atom is -0.379 e. The zero-order valence-corrected chi connectivity index (χ0v) is 28.2. The van der Waals surface area contributed by atoms with Gasteiger partial charge in [-0.3, -0.25) is 28.9 Å². The fraction of sp³-hybridized carbons (Fsp3) is 0.486. The second kappa shape index (κ2) is 15.6. The molecule has 2 aromatic carbocycles. The van der Waals surface area contributed by atoms with Gasteiger partial charge in [-0.05, 0) is 43.2 Å². The summed E-state index contributed by atoms with van der Waals surface area (Å²) in [4.78, 5) is 43.4. The number of nitrogens with two attached hydrogens (primary N) is 1. The number of hydrogen-bond donors (Lipinski definition) is 2. The second-order valence-corrected chi connectivity index (χ2v) is 13.0. The fourth-order valence-corrected chi connectivity index (χ4v) is 6.93. The highest BCUT2D eigenvalue weighted by molar-refractivity contribution is 6.34. The Morgan fingerprint density at radius 3 is 2.46 bits per heavy atom. The number of carbonyl (C=O) groups excluding carboxylic acids is 3. The minimum atomic E-state index is -0.963. The first kappa shape index (κ1) is 34.1. The van der Waals surface area contributed by atoms with Crippen molar-refractivity contribution < 1.29 is 23.9 Å². The summed E-state index contributed by atoms with van der Waals surface area (Å²) in [6, 6.07) is 13.6. The smallest absolute Gasteiger partial charge is 0.311 e. The summed E-state index contributed by atoms with van der Waals surface area (Å²) < 4.78 is 13.0. The number of aromatic nitrogens is 2. The molecule has 3 aliphatic rings. The number of benzene rings is 2. The van der Waals surface area contributed by atoms with Crippen LogP contribution in [0.1, 0.15) is 35.0 Å². The molecule has 48 heavy (non-hydrogen) atoms. The zero-order valence-electron chi connectivity index (χ0n) is 27.5. The number of primary amides is 1. The van der Waals surface area contributed by atoms with Crippen molar-refractivity contribution in [2.75, 3.05) is 72.2 Å². The number of hydrogen-bond acceptors (Lipinski definition) is 8. The summed E-state index contributed by atoms with van der Waals surface area (Å²) in [6.45, 7) is 11.5. The zero-order chi connectivity index (χ0) is 33.6. The van der Waals surface area contributed by atoms with E-state index in [0.717, 1.165) is 106 Å². The third-order valence-corrected chi connectivity index (χ3v) is 9.80. The first-order valence-electron chi connectivity index (χ1n) is 16.8. The van der Waals surface area contributed by atoms with Gasteiger partial charge in [0.2, 0.25) is 0 Å². The van der Waals surface area contributed by atoms with Crippen molar-refractivity contribution in [3.8, 4) is 22.4 Å². The van der Waals surface area contributed by atoms with Gasteiger partial charge in [0, 0.05) is 97.8 Å². The number of halogens is 1. The summed E-state index contributed by atoms with van der Waals surface area (Å²) >= 11 is 6.73. The summed E-state index contributed by atoms with van der Waals surface area (Å²) in [7, 11) is 0. The van der Waals surface area contributed by atoms with E-state index < -0.39 is 11.8 Å². The van der Waals surface area contributed by atoms with Crippen LogP contribution in [0, 0.1) is 0 Å². The lowest BCUT2D eigenvalue weighted by Crippen LogP contribution is -2.44. The molecule has 2 fully saturated rings. The van der Waals surface area contributed by atoms with Crippen LogP contribution >= 0.6 is 11.6 Å². The van der Waals surface area contributed by atoms with Crippen LogP contribution in [-0.2, 0) is 38.6 Å². The van der Waals surface area contributed by atoms with E-state index in [1.54, 1.807) is 0 Å². The number of ether oxygens (including phenoxy) is 2. The van der Waals surface area contributed by atoms with Crippen molar-refractivity contribution >= 4 is 29.3 Å². The Labute approximate surface area is 286 Å². The summed E-state index contributed by atoms with van der Waals surface area (Å²) in [5, 5.41) is 8.66. The number of nitrogens with zero attached hydrogens (tertiary/aromatic N) is 5. The van der Waals surface area contributed by atoms with Gasteiger partial charge in [0.05, 0.1) is 38.7 Å². The van der Waals surface area contributed by atoms with Crippen molar-refractivity contribution in [1.82, 2.24) is 29.8 Å². The lowest BCUT2D eigenvalue weighted by atomic mass is 9.97. The average Bonchev–Trinajstić information content (AvgIpc) is 3.47. The third kappa shape index (κ3) is 7.90. The van der Waals surface area contributed by atoms with Gasteiger partial charge in [0.25, 0.3) is 5.91 Å². The molecule has 0 spiro atoms. The van der Waals surface area contributed by atoms with Crippen molar-refractivity contribution in [2.45, 2.75) is 38.9 Å². The Hall–Kier alpha value is -3.81. The molecule has 0 aliphatic carbocycles. The Morgan fingerprint density at radius 1 is 0.958 bits per heavy atom. The van der Waals surface area contributed by atoms with Gasteiger partial charge in [0.1, 0.15) is 0 Å². The van der Waals surface area contributed by atoms with Gasteiger partial charge in [-0.1, -0.05) is 29.8 Å². The maximum Gasteiger partial charge on any atom is 0.311 e. The highest BCUT2D eigenvalue weighted by atomic mass is 35.5. The molecule has 256 valence electrons. The first-order chi connectivity index (χ1) is 23.3. The number of amides is 3. The van der Waals surface area contributed by atoms with Gasteiger partial charge >= 0.3 is 11.8 Å². The van der Waals surface area contributed by atoms with Crippen LogP contribution in [0.5, 0.6) is 0 Å². The molecule has 3 N–H and O–H groups in total. The van der Waals surface area contributed by atoms with E-state index >= 15 is 0 Å². The average molecular weight is 678 g/mol. The molecule has 0 saturated carbocycles. The molecule has 4 heterocycles. The van der Waals surface area contributed by atoms with E-state index in [0.29, 0.717) is 36.1 Å². The Balaban J connectivity index is 1.20. The maximum absolute atomic E-state index is 12.8. The van der Waals surface area contributed by atoms with Crippen LogP contribution in [0.25, 0.3) is 22.4 Å². The highest BCUT2D eigenvalue weighted by Crippen LogP contribution is 2.36. The fourth-order valence-electron chi connectivity index (χ4n) is 6.70. The van der Waals surface area contributed by atoms with Crippen LogP contribution in [0.4, 0.5) is 0 Å². The number of nitrogens with one attached hydrogen (secondary N) is 1. The molecule has 3 amide bonds. The molecule has 13 heteroatoms. The molecular formula is C35H44ClN7O5. The number of morpholine rings is 2. The number of carbonyl (C=O) groups is 3. The monoisotopic (exact) mass is 677 g/mol. The van der Waals surface area contributed by atoms with Crippen LogP contribution in [0.3, 0.4) is 0 Å². The van der Waals surface area contributed by atoms with Crippen LogP contribution in [0.2, 0.25) is 5.02 Å². The molecule has 3 aromatic rings. The van der Waals surface area contributed by atoms with Crippen molar-refractivity contribution in [2.24, 2.45) is 5.73 Å². The maximum atomic E-state index is 12.8. The molecule has 2 saturated heterocycles. The van der Waals surface area contributed by atoms with Crippen molar-refractivity contribution in [3.05, 3.63) is 64.3 Å². The van der Waals surface area contributed by atoms with Gasteiger partial charge in [-0.15, -0.1) is 0 Å². The van der Waals surface area contributed by atoms with Crippen molar-refractivity contribution in [3.63, 3.8) is 0 Å². The molecule has 1 aromatic heterocycles. The van der Waals surface area contributed by atoms with Gasteiger partial charge in [0.15, 0.2) is 0 Å². The predicted octanol–water partition coefficient (Wildman–Crippen LogP) is 2.41. The summed E-state index contributed by atoms with van der Waals surface area (Å²) in [5.74, 6) is -1.78. The number of fused-ring (bicyclic) bond motifs is 1. The van der Waals surface area contributed by atoms with E-state index in [2.05, 4.69) is 26.7 Å². The third-order valence-electron chi connectivity index (χ3n) is 9.47. The van der Waals surface area contributed by atoms with Crippen LogP contribution in [-0.4, -0.2) is 120 Å². The quantitative estimate of drug-likeness (QED) is 0.313. The van der Waals surface area contributed by atoms with Crippen LogP contribution in [0.15, 0.2) is 42.5 Å². The summed E-state index contributed by atoms with van der Waals surface area (Å²) in [5.41, 5.74) is 11.2. The van der Waals surface area contributed by atoms with E-state index in [-0.39, 0.29) is 12.5 Å². The molecule has 1 atom stereocenters. The van der Waals surface area contributed by atoms with E-state index in [9.17, 15) is 14.4 Å². The molecule has 0 unspecified atom stereocenters.